The first-order chi connectivity index (χ1) is 28.0. The second kappa shape index (κ2) is 40.1. The van der Waals surface area contributed by atoms with Gasteiger partial charge < -0.3 is 18.9 Å². The zero-order chi connectivity index (χ0) is 42.8. The number of nitrogens with zero attached hydrogens (tertiary/aromatic N) is 1. The lowest BCUT2D eigenvalue weighted by Gasteiger charge is -2.24. The first-order valence-corrected chi connectivity index (χ1v) is 24.5. The summed E-state index contributed by atoms with van der Waals surface area (Å²) in [5.41, 5.74) is 0. The minimum Gasteiger partial charge on any atom is -0.462 e. The van der Waals surface area contributed by atoms with E-state index >= 15 is 0 Å². The van der Waals surface area contributed by atoms with E-state index in [2.05, 4.69) is 62.5 Å². The second-order valence-corrected chi connectivity index (χ2v) is 17.9. The van der Waals surface area contributed by atoms with Gasteiger partial charge in [0.05, 0.1) is 27.7 Å². The topological polar surface area (TPSA) is 108 Å². The Bertz CT molecular complexity index is 1170. The number of hydrogen-bond acceptors (Lipinski definition) is 7. The number of phosphoric acid groups is 1. The van der Waals surface area contributed by atoms with Gasteiger partial charge in [-0.1, -0.05) is 177 Å². The fourth-order valence-corrected chi connectivity index (χ4v) is 6.68. The molecule has 0 fully saturated rings. The van der Waals surface area contributed by atoms with Crippen molar-refractivity contribution in [3.8, 4) is 0 Å². The van der Waals surface area contributed by atoms with E-state index in [0.29, 0.717) is 23.9 Å². The predicted octanol–water partition coefficient (Wildman–Crippen LogP) is 13.2. The normalized spacial score (nSPS) is 14.1. The fraction of sp³-hybridized carbons (Fsp3) is 0.750. The van der Waals surface area contributed by atoms with Crippen LogP contribution in [-0.2, 0) is 32.7 Å². The van der Waals surface area contributed by atoms with Crippen LogP contribution < -0.4 is 0 Å². The van der Waals surface area contributed by atoms with Crippen LogP contribution in [0.2, 0.25) is 0 Å². The van der Waals surface area contributed by atoms with Crippen LogP contribution >= 0.6 is 7.82 Å². The maximum Gasteiger partial charge on any atom is 0.472 e. The monoisotopic (exact) mass is 837 g/mol. The molecular weight excluding hydrogens is 750 g/mol. The molecule has 9 nitrogen and oxygen atoms in total. The highest BCUT2D eigenvalue weighted by atomic mass is 31.2. The van der Waals surface area contributed by atoms with Crippen LogP contribution in [0.15, 0.2) is 60.8 Å². The molecule has 336 valence electrons. The Morgan fingerprint density at radius 3 is 1.45 bits per heavy atom. The number of likely N-dealkylation sites (N-methyl/N-ethyl adjacent to an activating group) is 1. The molecule has 0 aromatic rings. The molecule has 0 heterocycles. The number of carbonyl (C=O) groups is 2. The summed E-state index contributed by atoms with van der Waals surface area (Å²) in [6, 6.07) is 0. The van der Waals surface area contributed by atoms with Gasteiger partial charge >= 0.3 is 19.8 Å². The fourth-order valence-electron chi connectivity index (χ4n) is 5.94. The van der Waals surface area contributed by atoms with Gasteiger partial charge in [-0.3, -0.25) is 18.6 Å². The van der Waals surface area contributed by atoms with E-state index in [1.807, 2.05) is 33.3 Å². The Morgan fingerprint density at radius 1 is 0.534 bits per heavy atom. The molecule has 58 heavy (non-hydrogen) atoms. The number of carbonyl (C=O) groups excluding carboxylic acids is 2. The van der Waals surface area contributed by atoms with Crippen LogP contribution in [0.1, 0.15) is 181 Å². The summed E-state index contributed by atoms with van der Waals surface area (Å²) in [5, 5.41) is 0. The molecule has 0 aliphatic rings. The largest absolute Gasteiger partial charge is 0.472 e. The molecule has 0 radical (unpaired) electrons. The Hall–Kier alpha value is -2.29. The summed E-state index contributed by atoms with van der Waals surface area (Å²) in [5.74, 6) is -0.893. The van der Waals surface area contributed by atoms with E-state index in [0.717, 1.165) is 44.9 Å². The van der Waals surface area contributed by atoms with Crippen molar-refractivity contribution in [3.05, 3.63) is 60.8 Å². The molecule has 0 saturated heterocycles. The van der Waals surface area contributed by atoms with Gasteiger partial charge in [0.1, 0.15) is 19.8 Å². The van der Waals surface area contributed by atoms with Gasteiger partial charge in [0.15, 0.2) is 6.10 Å². The molecule has 10 heteroatoms. The Balaban J connectivity index is 4.45. The maximum atomic E-state index is 12.7. The number of hydrogen-bond donors (Lipinski definition) is 1. The third kappa shape index (κ3) is 43.3. The predicted molar refractivity (Wildman–Crippen MR) is 243 cm³/mol. The quantitative estimate of drug-likeness (QED) is 0.0213. The van der Waals surface area contributed by atoms with Crippen molar-refractivity contribution < 1.29 is 42.1 Å². The number of quaternary nitrogens is 1. The van der Waals surface area contributed by atoms with Crippen LogP contribution in [0, 0.1) is 0 Å². The van der Waals surface area contributed by atoms with Crippen LogP contribution in [0.25, 0.3) is 0 Å². The first-order valence-electron chi connectivity index (χ1n) is 23.0. The summed E-state index contributed by atoms with van der Waals surface area (Å²) in [4.78, 5) is 35.4. The number of phosphoric ester groups is 1. The van der Waals surface area contributed by atoms with Gasteiger partial charge in [-0.15, -0.1) is 0 Å². The molecule has 0 aliphatic heterocycles. The van der Waals surface area contributed by atoms with Gasteiger partial charge in [0.25, 0.3) is 0 Å². The Labute approximate surface area is 356 Å². The third-order valence-electron chi connectivity index (χ3n) is 9.56. The number of allylic oxidation sites excluding steroid dienone is 10. The highest BCUT2D eigenvalue weighted by Gasteiger charge is 2.27. The van der Waals surface area contributed by atoms with Crippen LogP contribution in [0.3, 0.4) is 0 Å². The van der Waals surface area contributed by atoms with Crippen molar-refractivity contribution in [2.75, 3.05) is 47.5 Å². The molecule has 1 N–H and O–H groups in total. The molecule has 0 aliphatic carbocycles. The van der Waals surface area contributed by atoms with Gasteiger partial charge in [0.2, 0.25) is 0 Å². The lowest BCUT2D eigenvalue weighted by molar-refractivity contribution is -0.870. The number of ether oxygens (including phenoxy) is 2. The van der Waals surface area contributed by atoms with Crippen molar-refractivity contribution in [2.45, 2.75) is 187 Å². The maximum absolute atomic E-state index is 12.7. The molecule has 1 unspecified atom stereocenters. The van der Waals surface area contributed by atoms with Crippen molar-refractivity contribution in [3.63, 3.8) is 0 Å². The first kappa shape index (κ1) is 55.7. The lowest BCUT2D eigenvalue weighted by atomic mass is 10.0. The standard InChI is InChI=1S/C48H86NO8P/c1-6-8-10-12-14-16-18-20-22-23-24-25-27-28-30-32-34-36-38-40-47(50)54-44-46(45-56-58(52,53)55-43-42-49(3,4)5)57-48(51)41-39-37-35-33-31-29-26-21-19-17-15-13-11-9-7-2/h14,16,20,22,24-25,28,30,34,36,46H,6-13,15,17-19,21,23,26-27,29,31-33,35,37-45H2,1-5H3/p+1/b16-14+,22-20+,25-24+,30-28+,36-34+/t46-/m1/s1. The SMILES string of the molecule is CCCCC/C=C/C/C=C/C/C=C/C/C=C/C/C=C/CCC(=O)OC[C@H](COP(=O)(O)OCC[N+](C)(C)C)OC(=O)CCCCCCCCCCCCCCCCC. The van der Waals surface area contributed by atoms with Crippen molar-refractivity contribution in [2.24, 2.45) is 0 Å². The number of esters is 2. The molecule has 0 spiro atoms. The molecule has 0 bridgehead atoms. The lowest BCUT2D eigenvalue weighted by Crippen LogP contribution is -2.37. The molecule has 0 amide bonds. The minimum atomic E-state index is -4.39. The summed E-state index contributed by atoms with van der Waals surface area (Å²) >= 11 is 0. The Morgan fingerprint density at radius 2 is 0.966 bits per heavy atom. The smallest absolute Gasteiger partial charge is 0.462 e. The van der Waals surface area contributed by atoms with Crippen molar-refractivity contribution in [1.29, 1.82) is 0 Å². The van der Waals surface area contributed by atoms with E-state index in [1.54, 1.807) is 0 Å². The number of unbranched alkanes of at least 4 members (excludes halogenated alkanes) is 17. The highest BCUT2D eigenvalue weighted by Crippen LogP contribution is 2.43. The van der Waals surface area contributed by atoms with E-state index in [9.17, 15) is 19.0 Å². The van der Waals surface area contributed by atoms with Gasteiger partial charge in [-0.05, 0) is 51.4 Å². The average molecular weight is 837 g/mol. The summed E-state index contributed by atoms with van der Waals surface area (Å²) < 4.78 is 34.2. The van der Waals surface area contributed by atoms with Crippen molar-refractivity contribution in [1.82, 2.24) is 0 Å². The summed E-state index contributed by atoms with van der Waals surface area (Å²) in [7, 11) is 1.44. The van der Waals surface area contributed by atoms with Crippen LogP contribution in [-0.4, -0.2) is 74.9 Å². The zero-order valence-electron chi connectivity index (χ0n) is 37.8. The third-order valence-corrected chi connectivity index (χ3v) is 10.5. The summed E-state index contributed by atoms with van der Waals surface area (Å²) in [6.07, 6.45) is 48.5. The van der Waals surface area contributed by atoms with E-state index < -0.39 is 32.5 Å². The molecule has 0 rings (SSSR count). The number of rotatable bonds is 41. The van der Waals surface area contributed by atoms with Crippen LogP contribution in [0.5, 0.6) is 0 Å². The average Bonchev–Trinajstić information content (AvgIpc) is 3.17. The minimum absolute atomic E-state index is 0.0197. The van der Waals surface area contributed by atoms with Gasteiger partial charge in [-0.2, -0.15) is 0 Å². The van der Waals surface area contributed by atoms with E-state index in [1.165, 1.54) is 96.3 Å². The summed E-state index contributed by atoms with van der Waals surface area (Å²) in [6.45, 7) is 4.31. The van der Waals surface area contributed by atoms with E-state index in [-0.39, 0.29) is 26.1 Å². The zero-order valence-corrected chi connectivity index (χ0v) is 38.7. The van der Waals surface area contributed by atoms with Crippen molar-refractivity contribution >= 4 is 19.8 Å². The van der Waals surface area contributed by atoms with Gasteiger partial charge in [0, 0.05) is 12.8 Å². The highest BCUT2D eigenvalue weighted by molar-refractivity contribution is 7.47. The molecule has 0 aromatic carbocycles. The van der Waals surface area contributed by atoms with E-state index in [4.69, 9.17) is 18.5 Å². The van der Waals surface area contributed by atoms with Gasteiger partial charge in [-0.25, -0.2) is 4.57 Å². The molecule has 2 atom stereocenters. The Kier molecular flexibility index (Phi) is 38.5. The second-order valence-electron chi connectivity index (χ2n) is 16.4. The molecule has 0 aromatic heterocycles. The van der Waals surface area contributed by atoms with Crippen LogP contribution in [0.4, 0.5) is 0 Å². The molecule has 0 saturated carbocycles. The molecular formula is C48H87NO8P+.